The standard InChI is InChI=1S/C12H9BrN2O3/c1-8-2-7-11(15(16)17)12(14-8)18-10-5-3-9(13)4-6-10/h2-7H,1H3. The zero-order valence-electron chi connectivity index (χ0n) is 9.46. The summed E-state index contributed by atoms with van der Waals surface area (Å²) in [5, 5.41) is 10.9. The summed E-state index contributed by atoms with van der Waals surface area (Å²) in [5.74, 6) is 0.502. The molecule has 0 spiro atoms. The van der Waals surface area contributed by atoms with Crippen LogP contribution in [0.1, 0.15) is 5.69 Å². The molecule has 2 aromatic rings. The molecular weight excluding hydrogens is 300 g/mol. The van der Waals surface area contributed by atoms with Gasteiger partial charge in [0.05, 0.1) is 4.92 Å². The number of pyridine rings is 1. The molecular formula is C12H9BrN2O3. The third-order valence-electron chi connectivity index (χ3n) is 2.20. The van der Waals surface area contributed by atoms with E-state index in [-0.39, 0.29) is 11.6 Å². The van der Waals surface area contributed by atoms with Crippen molar-refractivity contribution in [2.24, 2.45) is 0 Å². The van der Waals surface area contributed by atoms with Gasteiger partial charge in [-0.05, 0) is 37.3 Å². The molecule has 0 atom stereocenters. The van der Waals surface area contributed by atoms with Crippen LogP contribution in [0.25, 0.3) is 0 Å². The van der Waals surface area contributed by atoms with Crippen molar-refractivity contribution in [3.05, 3.63) is 56.7 Å². The van der Waals surface area contributed by atoms with Gasteiger partial charge >= 0.3 is 5.69 Å². The van der Waals surface area contributed by atoms with Gasteiger partial charge in [-0.3, -0.25) is 10.1 Å². The van der Waals surface area contributed by atoms with Crippen molar-refractivity contribution < 1.29 is 9.66 Å². The number of nitrogens with zero attached hydrogens (tertiary/aromatic N) is 2. The number of nitro groups is 1. The van der Waals surface area contributed by atoms with Crippen LogP contribution in [0.15, 0.2) is 40.9 Å². The molecule has 0 radical (unpaired) electrons. The molecule has 5 nitrogen and oxygen atoms in total. The SMILES string of the molecule is Cc1ccc([N+](=O)[O-])c(Oc2ccc(Br)cc2)n1. The fourth-order valence-electron chi connectivity index (χ4n) is 1.35. The third kappa shape index (κ3) is 2.84. The lowest BCUT2D eigenvalue weighted by Gasteiger charge is -2.05. The summed E-state index contributed by atoms with van der Waals surface area (Å²) < 4.78 is 6.34. The quantitative estimate of drug-likeness (QED) is 0.638. The Morgan fingerprint density at radius 3 is 2.50 bits per heavy atom. The number of rotatable bonds is 3. The van der Waals surface area contributed by atoms with E-state index in [4.69, 9.17) is 4.74 Å². The lowest BCUT2D eigenvalue weighted by atomic mass is 10.3. The van der Waals surface area contributed by atoms with Crippen LogP contribution in [0.3, 0.4) is 0 Å². The van der Waals surface area contributed by atoms with Gasteiger partial charge in [0.15, 0.2) is 0 Å². The predicted octanol–water partition coefficient (Wildman–Crippen LogP) is 3.85. The maximum absolute atomic E-state index is 10.9. The first-order valence-corrected chi connectivity index (χ1v) is 5.91. The van der Waals surface area contributed by atoms with E-state index in [0.717, 1.165) is 4.47 Å². The van der Waals surface area contributed by atoms with Crippen molar-refractivity contribution in [2.75, 3.05) is 0 Å². The van der Waals surface area contributed by atoms with Crippen LogP contribution >= 0.6 is 15.9 Å². The number of hydrogen-bond acceptors (Lipinski definition) is 4. The second kappa shape index (κ2) is 5.14. The van der Waals surface area contributed by atoms with E-state index in [1.165, 1.54) is 6.07 Å². The Bertz CT molecular complexity index is 584. The lowest BCUT2D eigenvalue weighted by molar-refractivity contribution is -0.386. The molecule has 92 valence electrons. The Labute approximate surface area is 112 Å². The number of benzene rings is 1. The maximum Gasteiger partial charge on any atom is 0.331 e. The molecule has 0 aliphatic rings. The van der Waals surface area contributed by atoms with Crippen LogP contribution in [0.4, 0.5) is 5.69 Å². The molecule has 0 amide bonds. The molecule has 0 bridgehead atoms. The molecule has 0 N–H and O–H groups in total. The van der Waals surface area contributed by atoms with Gasteiger partial charge in [0.1, 0.15) is 5.75 Å². The number of ether oxygens (including phenoxy) is 1. The molecule has 0 saturated heterocycles. The van der Waals surface area contributed by atoms with Gasteiger partial charge in [0, 0.05) is 16.2 Å². The van der Waals surface area contributed by atoms with Gasteiger partial charge in [-0.15, -0.1) is 0 Å². The molecule has 2 rings (SSSR count). The van der Waals surface area contributed by atoms with Gasteiger partial charge in [0.25, 0.3) is 5.88 Å². The van der Waals surface area contributed by atoms with Crippen molar-refractivity contribution in [1.29, 1.82) is 0 Å². The third-order valence-corrected chi connectivity index (χ3v) is 2.73. The summed E-state index contributed by atoms with van der Waals surface area (Å²) >= 11 is 3.30. The van der Waals surface area contributed by atoms with Crippen LogP contribution in [-0.2, 0) is 0 Å². The van der Waals surface area contributed by atoms with Crippen molar-refractivity contribution in [3.8, 4) is 11.6 Å². The van der Waals surface area contributed by atoms with Gasteiger partial charge in [-0.25, -0.2) is 4.98 Å². The maximum atomic E-state index is 10.9. The van der Waals surface area contributed by atoms with Crippen LogP contribution in [0, 0.1) is 17.0 Å². The molecule has 0 saturated carbocycles. The smallest absolute Gasteiger partial charge is 0.331 e. The Kier molecular flexibility index (Phi) is 3.57. The topological polar surface area (TPSA) is 65.3 Å². The molecule has 6 heteroatoms. The molecule has 0 aliphatic heterocycles. The van der Waals surface area contributed by atoms with E-state index in [2.05, 4.69) is 20.9 Å². The average molecular weight is 309 g/mol. The number of halogens is 1. The van der Waals surface area contributed by atoms with Gasteiger partial charge in [-0.2, -0.15) is 0 Å². The van der Waals surface area contributed by atoms with Crippen molar-refractivity contribution in [3.63, 3.8) is 0 Å². The van der Waals surface area contributed by atoms with Crippen molar-refractivity contribution in [2.45, 2.75) is 6.92 Å². The first-order chi connectivity index (χ1) is 8.56. The Morgan fingerprint density at radius 1 is 1.22 bits per heavy atom. The molecule has 0 unspecified atom stereocenters. The minimum atomic E-state index is -0.513. The zero-order valence-corrected chi connectivity index (χ0v) is 11.0. The van der Waals surface area contributed by atoms with Gasteiger partial charge in [-0.1, -0.05) is 15.9 Å². The van der Waals surface area contributed by atoms with E-state index in [0.29, 0.717) is 11.4 Å². The molecule has 1 heterocycles. The predicted molar refractivity (Wildman–Crippen MR) is 69.8 cm³/mol. The highest BCUT2D eigenvalue weighted by Gasteiger charge is 2.17. The molecule has 1 aromatic heterocycles. The van der Waals surface area contributed by atoms with Gasteiger partial charge in [0.2, 0.25) is 0 Å². The number of aryl methyl sites for hydroxylation is 1. The molecule has 1 aromatic carbocycles. The first-order valence-electron chi connectivity index (χ1n) is 5.12. The Morgan fingerprint density at radius 2 is 1.89 bits per heavy atom. The normalized spacial score (nSPS) is 10.1. The fourth-order valence-corrected chi connectivity index (χ4v) is 1.62. The largest absolute Gasteiger partial charge is 0.434 e. The van der Waals surface area contributed by atoms with Crippen molar-refractivity contribution in [1.82, 2.24) is 4.98 Å². The fraction of sp³-hybridized carbons (Fsp3) is 0.0833. The second-order valence-corrected chi connectivity index (χ2v) is 4.51. The summed E-state index contributed by atoms with van der Waals surface area (Å²) in [7, 11) is 0. The van der Waals surface area contributed by atoms with Crippen LogP contribution in [0.2, 0.25) is 0 Å². The first kappa shape index (κ1) is 12.5. The monoisotopic (exact) mass is 308 g/mol. The van der Waals surface area contributed by atoms with Crippen LogP contribution in [-0.4, -0.2) is 9.91 Å². The Balaban J connectivity index is 2.35. The second-order valence-electron chi connectivity index (χ2n) is 3.59. The van der Waals surface area contributed by atoms with E-state index >= 15 is 0 Å². The summed E-state index contributed by atoms with van der Waals surface area (Å²) in [5.41, 5.74) is 0.510. The number of hydrogen-bond donors (Lipinski definition) is 0. The molecule has 18 heavy (non-hydrogen) atoms. The lowest BCUT2D eigenvalue weighted by Crippen LogP contribution is -1.97. The minimum absolute atomic E-state index is 0.00215. The summed E-state index contributed by atoms with van der Waals surface area (Å²) in [4.78, 5) is 14.4. The van der Waals surface area contributed by atoms with Crippen LogP contribution in [0.5, 0.6) is 11.6 Å². The van der Waals surface area contributed by atoms with E-state index in [1.807, 2.05) is 0 Å². The highest BCUT2D eigenvalue weighted by Crippen LogP contribution is 2.29. The highest BCUT2D eigenvalue weighted by molar-refractivity contribution is 9.10. The molecule has 0 aliphatic carbocycles. The zero-order chi connectivity index (χ0) is 13.1. The van der Waals surface area contributed by atoms with Crippen LogP contribution < -0.4 is 4.74 Å². The molecule has 0 fully saturated rings. The Hall–Kier alpha value is -1.95. The van der Waals surface area contributed by atoms with E-state index < -0.39 is 4.92 Å². The summed E-state index contributed by atoms with van der Waals surface area (Å²) in [6, 6.07) is 9.95. The van der Waals surface area contributed by atoms with E-state index in [9.17, 15) is 10.1 Å². The van der Waals surface area contributed by atoms with Gasteiger partial charge < -0.3 is 4.74 Å². The highest BCUT2D eigenvalue weighted by atomic mass is 79.9. The van der Waals surface area contributed by atoms with E-state index in [1.54, 1.807) is 37.3 Å². The minimum Gasteiger partial charge on any atom is -0.434 e. The average Bonchev–Trinajstić information content (AvgIpc) is 2.32. The number of aromatic nitrogens is 1. The summed E-state index contributed by atoms with van der Waals surface area (Å²) in [6.07, 6.45) is 0. The van der Waals surface area contributed by atoms with Crippen molar-refractivity contribution >= 4 is 21.6 Å². The summed E-state index contributed by atoms with van der Waals surface area (Å²) in [6.45, 7) is 1.75.